The molecule has 1 saturated heterocycles. The van der Waals surface area contributed by atoms with Gasteiger partial charge in [0.25, 0.3) is 0 Å². The predicted octanol–water partition coefficient (Wildman–Crippen LogP) is 3.11. The van der Waals surface area contributed by atoms with Crippen molar-refractivity contribution in [2.45, 2.75) is 71.9 Å². The van der Waals surface area contributed by atoms with Crippen LogP contribution in [-0.2, 0) is 27.8 Å². The average Bonchev–Trinajstić information content (AvgIpc) is 3.00. The molecular formula is C24H36N4O3S. The van der Waals surface area contributed by atoms with Gasteiger partial charge in [0.15, 0.2) is 0 Å². The van der Waals surface area contributed by atoms with Crippen LogP contribution in [0, 0.1) is 20.8 Å². The van der Waals surface area contributed by atoms with E-state index in [2.05, 4.69) is 42.8 Å². The van der Waals surface area contributed by atoms with Crippen LogP contribution >= 0.6 is 0 Å². The van der Waals surface area contributed by atoms with E-state index in [-0.39, 0.29) is 11.9 Å². The number of likely N-dealkylation sites (tertiary alicyclic amines) is 1. The molecule has 1 unspecified atom stereocenters. The fourth-order valence-corrected chi connectivity index (χ4v) is 5.02. The Labute approximate surface area is 192 Å². The molecule has 0 spiro atoms. The number of rotatable bonds is 9. The van der Waals surface area contributed by atoms with Crippen LogP contribution in [0.5, 0.6) is 0 Å². The largest absolute Gasteiger partial charge is 0.340 e. The van der Waals surface area contributed by atoms with E-state index >= 15 is 0 Å². The Balaban J connectivity index is 1.60. The molecule has 2 heterocycles. The minimum absolute atomic E-state index is 0.108. The summed E-state index contributed by atoms with van der Waals surface area (Å²) in [5.41, 5.74) is 5.70. The van der Waals surface area contributed by atoms with Crippen LogP contribution in [0.4, 0.5) is 0 Å². The lowest BCUT2D eigenvalue weighted by Gasteiger charge is -2.36. The smallest absolute Gasteiger partial charge is 0.223 e. The Morgan fingerprint density at radius 1 is 1.16 bits per heavy atom. The van der Waals surface area contributed by atoms with Crippen LogP contribution in [0.1, 0.15) is 60.2 Å². The SMILES string of the molecule is Cc1ccc(Cn2nc(C)c(CCC(=O)N3CCCCC3CCNS(C)(=O)=O)c2C)cc1. The van der Waals surface area contributed by atoms with E-state index in [1.165, 1.54) is 17.4 Å². The lowest BCUT2D eigenvalue weighted by molar-refractivity contribution is -0.134. The van der Waals surface area contributed by atoms with Crippen molar-refractivity contribution in [1.29, 1.82) is 0 Å². The van der Waals surface area contributed by atoms with Crippen LogP contribution < -0.4 is 4.72 Å². The third kappa shape index (κ3) is 6.65. The lowest BCUT2D eigenvalue weighted by atomic mass is 9.98. The third-order valence-electron chi connectivity index (χ3n) is 6.36. The summed E-state index contributed by atoms with van der Waals surface area (Å²) in [6.07, 6.45) is 5.98. The number of hydrogen-bond donors (Lipinski definition) is 1. The maximum Gasteiger partial charge on any atom is 0.223 e. The molecule has 1 N–H and O–H groups in total. The van der Waals surface area contributed by atoms with Crippen molar-refractivity contribution in [3.63, 3.8) is 0 Å². The van der Waals surface area contributed by atoms with Gasteiger partial charge in [-0.3, -0.25) is 9.48 Å². The molecule has 32 heavy (non-hydrogen) atoms. The topological polar surface area (TPSA) is 84.3 Å². The van der Waals surface area contributed by atoms with Gasteiger partial charge in [0.1, 0.15) is 0 Å². The van der Waals surface area contributed by atoms with E-state index in [1.54, 1.807) is 0 Å². The molecule has 0 bridgehead atoms. The van der Waals surface area contributed by atoms with E-state index in [1.807, 2.05) is 16.5 Å². The normalized spacial score (nSPS) is 17.0. The molecule has 7 nitrogen and oxygen atoms in total. The molecule has 0 aliphatic carbocycles. The number of carbonyl (C=O) groups excluding carboxylic acids is 1. The van der Waals surface area contributed by atoms with Gasteiger partial charge < -0.3 is 4.90 Å². The molecule has 176 valence electrons. The second kappa shape index (κ2) is 10.6. The van der Waals surface area contributed by atoms with Gasteiger partial charge in [-0.1, -0.05) is 29.8 Å². The molecule has 0 radical (unpaired) electrons. The first-order valence-electron chi connectivity index (χ1n) is 11.5. The number of nitrogens with one attached hydrogen (secondary N) is 1. The quantitative estimate of drug-likeness (QED) is 0.623. The van der Waals surface area contributed by atoms with Crippen molar-refractivity contribution in [3.05, 3.63) is 52.3 Å². The Bertz CT molecular complexity index is 1030. The number of benzene rings is 1. The lowest BCUT2D eigenvalue weighted by Crippen LogP contribution is -2.45. The van der Waals surface area contributed by atoms with E-state index in [4.69, 9.17) is 5.10 Å². The first kappa shape index (κ1) is 24.5. The third-order valence-corrected chi connectivity index (χ3v) is 7.09. The van der Waals surface area contributed by atoms with E-state index in [0.29, 0.717) is 25.8 Å². The van der Waals surface area contributed by atoms with Crippen molar-refractivity contribution < 1.29 is 13.2 Å². The van der Waals surface area contributed by atoms with Crippen LogP contribution in [0.15, 0.2) is 24.3 Å². The van der Waals surface area contributed by atoms with Crippen molar-refractivity contribution in [3.8, 4) is 0 Å². The highest BCUT2D eigenvalue weighted by Crippen LogP contribution is 2.22. The molecular weight excluding hydrogens is 424 g/mol. The molecule has 1 aromatic carbocycles. The molecule has 8 heteroatoms. The maximum atomic E-state index is 13.1. The number of sulfonamides is 1. The van der Waals surface area contributed by atoms with Gasteiger partial charge >= 0.3 is 0 Å². The number of aromatic nitrogens is 2. The van der Waals surface area contributed by atoms with Crippen LogP contribution in [0.25, 0.3) is 0 Å². The molecule has 3 rings (SSSR count). The monoisotopic (exact) mass is 460 g/mol. The standard InChI is InChI=1S/C24H36N4O3S/c1-18-8-10-21(11-9-18)17-28-20(3)23(19(2)26-28)12-13-24(29)27-16-6-5-7-22(27)14-15-25-32(4,30)31/h8-11,22,25H,5-7,12-17H2,1-4H3. The Kier molecular flexibility index (Phi) is 8.11. The van der Waals surface area contributed by atoms with Crippen LogP contribution in [-0.4, -0.2) is 54.4 Å². The predicted molar refractivity (Wildman–Crippen MR) is 127 cm³/mol. The zero-order valence-electron chi connectivity index (χ0n) is 19.7. The average molecular weight is 461 g/mol. The highest BCUT2D eigenvalue weighted by atomic mass is 32.2. The fourth-order valence-electron chi connectivity index (χ4n) is 4.53. The first-order valence-corrected chi connectivity index (χ1v) is 13.4. The molecule has 1 aliphatic heterocycles. The van der Waals surface area contributed by atoms with Crippen LogP contribution in [0.3, 0.4) is 0 Å². The molecule has 1 aliphatic rings. The van der Waals surface area contributed by atoms with E-state index in [0.717, 1.165) is 49.3 Å². The van der Waals surface area contributed by atoms with Gasteiger partial charge in [-0.25, -0.2) is 13.1 Å². The summed E-state index contributed by atoms with van der Waals surface area (Å²) in [5.74, 6) is 0.152. The summed E-state index contributed by atoms with van der Waals surface area (Å²) in [5, 5.41) is 4.72. The van der Waals surface area contributed by atoms with Gasteiger partial charge in [-0.15, -0.1) is 0 Å². The Morgan fingerprint density at radius 3 is 2.56 bits per heavy atom. The minimum atomic E-state index is -3.20. The Hall–Kier alpha value is -2.19. The number of piperidine rings is 1. The Morgan fingerprint density at radius 2 is 1.88 bits per heavy atom. The van der Waals surface area contributed by atoms with Crippen molar-refractivity contribution in [2.24, 2.45) is 0 Å². The van der Waals surface area contributed by atoms with Crippen molar-refractivity contribution in [2.75, 3.05) is 19.3 Å². The van der Waals surface area contributed by atoms with Crippen molar-refractivity contribution >= 4 is 15.9 Å². The number of amides is 1. The molecule has 1 atom stereocenters. The second-order valence-electron chi connectivity index (χ2n) is 8.98. The van der Waals surface area contributed by atoms with Gasteiger partial charge in [0.2, 0.25) is 15.9 Å². The second-order valence-corrected chi connectivity index (χ2v) is 10.8. The zero-order chi connectivity index (χ0) is 23.3. The van der Waals surface area contributed by atoms with Crippen molar-refractivity contribution in [1.82, 2.24) is 19.4 Å². The highest BCUT2D eigenvalue weighted by Gasteiger charge is 2.26. The number of aryl methyl sites for hydroxylation is 2. The summed E-state index contributed by atoms with van der Waals surface area (Å²) in [6.45, 7) is 8.03. The molecule has 1 aromatic heterocycles. The minimum Gasteiger partial charge on any atom is -0.340 e. The summed E-state index contributed by atoms with van der Waals surface area (Å²) in [4.78, 5) is 15.0. The van der Waals surface area contributed by atoms with Gasteiger partial charge in [-0.2, -0.15) is 5.10 Å². The van der Waals surface area contributed by atoms with Gasteiger partial charge in [0.05, 0.1) is 18.5 Å². The number of carbonyl (C=O) groups is 1. The van der Waals surface area contributed by atoms with Crippen LogP contribution in [0.2, 0.25) is 0 Å². The summed E-state index contributed by atoms with van der Waals surface area (Å²) in [6, 6.07) is 8.59. The molecule has 2 aromatic rings. The maximum absolute atomic E-state index is 13.1. The molecule has 1 amide bonds. The zero-order valence-corrected chi connectivity index (χ0v) is 20.5. The number of hydrogen-bond acceptors (Lipinski definition) is 4. The van der Waals surface area contributed by atoms with E-state index in [9.17, 15) is 13.2 Å². The van der Waals surface area contributed by atoms with E-state index < -0.39 is 10.0 Å². The first-order chi connectivity index (χ1) is 15.1. The molecule has 0 saturated carbocycles. The summed E-state index contributed by atoms with van der Waals surface area (Å²) >= 11 is 0. The number of nitrogens with zero attached hydrogens (tertiary/aromatic N) is 3. The van der Waals surface area contributed by atoms with Gasteiger partial charge in [0, 0.05) is 31.2 Å². The molecule has 1 fully saturated rings. The van der Waals surface area contributed by atoms with Gasteiger partial charge in [-0.05, 0) is 64.0 Å². The summed E-state index contributed by atoms with van der Waals surface area (Å²) in [7, 11) is -3.20. The summed E-state index contributed by atoms with van der Waals surface area (Å²) < 4.78 is 27.3. The fraction of sp³-hybridized carbons (Fsp3) is 0.583. The highest BCUT2D eigenvalue weighted by molar-refractivity contribution is 7.88.